The van der Waals surface area contributed by atoms with Crippen LogP contribution in [0.3, 0.4) is 0 Å². The third-order valence-corrected chi connectivity index (χ3v) is 7.63. The molecule has 0 N–H and O–H groups in total. The molecule has 3 aromatic rings. The highest BCUT2D eigenvalue weighted by Crippen LogP contribution is 2.31. The minimum Gasteiger partial charge on any atom is -0.465 e. The zero-order valence-corrected chi connectivity index (χ0v) is 16.7. The van der Waals surface area contributed by atoms with Crippen LogP contribution in [0.2, 0.25) is 0 Å². The number of esters is 1. The quantitative estimate of drug-likeness (QED) is 0.591. The van der Waals surface area contributed by atoms with Crippen LogP contribution in [0, 0.1) is 0 Å². The number of ether oxygens (including phenoxy) is 1. The standard InChI is InChI=1S/C18H18N4O4S2/c1-26-18(23)17-16(8-10-27-17)28(24,25)21-9-7-14(11-21)22-12-15(19-20-22)13-5-3-2-4-6-13/h2-6,8,10,12,14H,7,9,11H2,1H3. The largest absolute Gasteiger partial charge is 0.465 e. The van der Waals surface area contributed by atoms with Crippen LogP contribution in [0.1, 0.15) is 22.1 Å². The Bertz CT molecular complexity index is 1090. The lowest BCUT2D eigenvalue weighted by Gasteiger charge is -2.16. The first kappa shape index (κ1) is 18.8. The van der Waals surface area contributed by atoms with Crippen molar-refractivity contribution in [3.8, 4) is 11.3 Å². The van der Waals surface area contributed by atoms with Crippen molar-refractivity contribution in [3.63, 3.8) is 0 Å². The fourth-order valence-electron chi connectivity index (χ4n) is 3.22. The topological polar surface area (TPSA) is 94.4 Å². The number of methoxy groups -OCH3 is 1. The molecule has 1 aliphatic heterocycles. The predicted molar refractivity (Wildman–Crippen MR) is 104 cm³/mol. The molecule has 8 nitrogen and oxygen atoms in total. The highest BCUT2D eigenvalue weighted by atomic mass is 32.2. The van der Waals surface area contributed by atoms with Crippen molar-refractivity contribution in [2.75, 3.05) is 20.2 Å². The molecule has 10 heteroatoms. The number of hydrogen-bond donors (Lipinski definition) is 0. The number of benzene rings is 1. The van der Waals surface area contributed by atoms with Crippen molar-refractivity contribution in [2.45, 2.75) is 17.4 Å². The zero-order valence-electron chi connectivity index (χ0n) is 15.1. The number of hydrogen-bond acceptors (Lipinski definition) is 7. The van der Waals surface area contributed by atoms with E-state index >= 15 is 0 Å². The Morgan fingerprint density at radius 3 is 2.79 bits per heavy atom. The van der Waals surface area contributed by atoms with E-state index in [9.17, 15) is 13.2 Å². The summed E-state index contributed by atoms with van der Waals surface area (Å²) in [5.41, 5.74) is 1.70. The normalized spacial score (nSPS) is 17.7. The maximum atomic E-state index is 13.0. The van der Waals surface area contributed by atoms with Crippen LogP contribution in [0.5, 0.6) is 0 Å². The molecule has 0 amide bonds. The maximum Gasteiger partial charge on any atom is 0.349 e. The monoisotopic (exact) mass is 418 g/mol. The molecule has 1 saturated heterocycles. The summed E-state index contributed by atoms with van der Waals surface area (Å²) < 4.78 is 33.8. The molecule has 0 radical (unpaired) electrons. The summed E-state index contributed by atoms with van der Waals surface area (Å²) >= 11 is 1.06. The molecule has 0 spiro atoms. The first-order valence-electron chi connectivity index (χ1n) is 8.64. The van der Waals surface area contributed by atoms with Crippen LogP contribution in [0.15, 0.2) is 52.9 Å². The maximum absolute atomic E-state index is 13.0. The van der Waals surface area contributed by atoms with Crippen molar-refractivity contribution in [1.82, 2.24) is 19.3 Å². The lowest BCUT2D eigenvalue weighted by Crippen LogP contribution is -2.30. The van der Waals surface area contributed by atoms with Crippen LogP contribution in [0.4, 0.5) is 0 Å². The number of carbonyl (C=O) groups is 1. The van der Waals surface area contributed by atoms with Crippen LogP contribution < -0.4 is 0 Å². The van der Waals surface area contributed by atoms with E-state index in [0.717, 1.165) is 22.6 Å². The lowest BCUT2D eigenvalue weighted by atomic mass is 10.2. The van der Waals surface area contributed by atoms with Gasteiger partial charge >= 0.3 is 5.97 Å². The summed E-state index contributed by atoms with van der Waals surface area (Å²) in [5, 5.41) is 9.97. The van der Waals surface area contributed by atoms with E-state index in [4.69, 9.17) is 4.74 Å². The SMILES string of the molecule is COC(=O)c1sccc1S(=O)(=O)N1CCC(n2cc(-c3ccccc3)nn2)C1. The third kappa shape index (κ3) is 3.34. The Morgan fingerprint density at radius 1 is 1.25 bits per heavy atom. The van der Waals surface area contributed by atoms with E-state index in [-0.39, 0.29) is 22.4 Å². The van der Waals surface area contributed by atoms with Gasteiger partial charge in [0.2, 0.25) is 10.0 Å². The summed E-state index contributed by atoms with van der Waals surface area (Å²) in [6, 6.07) is 11.0. The van der Waals surface area contributed by atoms with Gasteiger partial charge in [0.25, 0.3) is 0 Å². The molecule has 1 fully saturated rings. The molecule has 1 unspecified atom stereocenters. The predicted octanol–water partition coefficient (Wildman–Crippen LogP) is 2.43. The Hall–Kier alpha value is -2.56. The fourth-order valence-corrected chi connectivity index (χ4v) is 6.02. The second-order valence-corrected chi connectivity index (χ2v) is 9.18. The number of rotatable bonds is 5. The molecule has 1 atom stereocenters. The third-order valence-electron chi connectivity index (χ3n) is 4.70. The van der Waals surface area contributed by atoms with E-state index < -0.39 is 16.0 Å². The Labute approximate surface area is 166 Å². The summed E-state index contributed by atoms with van der Waals surface area (Å²) in [5.74, 6) is -0.645. The van der Waals surface area contributed by atoms with Crippen molar-refractivity contribution < 1.29 is 17.9 Å². The van der Waals surface area contributed by atoms with Crippen LogP contribution in [-0.4, -0.2) is 53.9 Å². The second-order valence-electron chi connectivity index (χ2n) is 6.36. The van der Waals surface area contributed by atoms with E-state index in [1.54, 1.807) is 10.1 Å². The van der Waals surface area contributed by atoms with Crippen molar-refractivity contribution in [1.29, 1.82) is 0 Å². The molecule has 146 valence electrons. The second kappa shape index (κ2) is 7.46. The molecule has 3 heterocycles. The van der Waals surface area contributed by atoms with Gasteiger partial charge in [-0.3, -0.25) is 0 Å². The molecule has 1 aromatic carbocycles. The van der Waals surface area contributed by atoms with Crippen molar-refractivity contribution in [3.05, 3.63) is 52.9 Å². The highest BCUT2D eigenvalue weighted by molar-refractivity contribution is 7.89. The summed E-state index contributed by atoms with van der Waals surface area (Å²) in [4.78, 5) is 12.0. The molecule has 4 rings (SSSR count). The van der Waals surface area contributed by atoms with Gasteiger partial charge in [-0.05, 0) is 17.9 Å². The van der Waals surface area contributed by atoms with Gasteiger partial charge in [0.15, 0.2) is 0 Å². The Morgan fingerprint density at radius 2 is 2.04 bits per heavy atom. The van der Waals surface area contributed by atoms with E-state index in [2.05, 4.69) is 10.3 Å². The van der Waals surface area contributed by atoms with Crippen molar-refractivity contribution >= 4 is 27.3 Å². The highest BCUT2D eigenvalue weighted by Gasteiger charge is 2.36. The minimum atomic E-state index is -3.79. The average Bonchev–Trinajstić information content (AvgIpc) is 3.47. The minimum absolute atomic E-state index is 0.00596. The molecular weight excluding hydrogens is 400 g/mol. The Balaban J connectivity index is 1.54. The first-order chi connectivity index (χ1) is 13.5. The molecule has 0 aliphatic carbocycles. The van der Waals surface area contributed by atoms with Crippen LogP contribution in [0.25, 0.3) is 11.3 Å². The summed E-state index contributed by atoms with van der Waals surface area (Å²) in [6.45, 7) is 0.625. The lowest BCUT2D eigenvalue weighted by molar-refractivity contribution is 0.0602. The van der Waals surface area contributed by atoms with Gasteiger partial charge in [-0.1, -0.05) is 35.5 Å². The molecular formula is C18H18N4O4S2. The molecule has 0 bridgehead atoms. The summed E-state index contributed by atoms with van der Waals surface area (Å²) in [6.07, 6.45) is 2.45. The van der Waals surface area contributed by atoms with Gasteiger partial charge in [0.1, 0.15) is 15.5 Å². The van der Waals surface area contributed by atoms with Crippen LogP contribution >= 0.6 is 11.3 Å². The Kier molecular flexibility index (Phi) is 5.00. The van der Waals surface area contributed by atoms with Gasteiger partial charge in [0.05, 0.1) is 19.3 Å². The first-order valence-corrected chi connectivity index (χ1v) is 11.0. The number of sulfonamides is 1. The van der Waals surface area contributed by atoms with Gasteiger partial charge in [-0.2, -0.15) is 4.31 Å². The van der Waals surface area contributed by atoms with Crippen molar-refractivity contribution in [2.24, 2.45) is 0 Å². The van der Waals surface area contributed by atoms with E-state index in [0.29, 0.717) is 13.0 Å². The number of nitrogens with zero attached hydrogens (tertiary/aromatic N) is 4. The molecule has 1 aliphatic rings. The van der Waals surface area contributed by atoms with Gasteiger partial charge in [-0.25, -0.2) is 17.9 Å². The van der Waals surface area contributed by atoms with Gasteiger partial charge in [-0.15, -0.1) is 16.4 Å². The van der Waals surface area contributed by atoms with Gasteiger partial charge in [0, 0.05) is 18.7 Å². The number of carbonyl (C=O) groups excluding carboxylic acids is 1. The number of thiophene rings is 1. The zero-order chi connectivity index (χ0) is 19.7. The fraction of sp³-hybridized carbons (Fsp3) is 0.278. The smallest absolute Gasteiger partial charge is 0.349 e. The molecule has 0 saturated carbocycles. The number of aromatic nitrogens is 3. The van der Waals surface area contributed by atoms with Crippen LogP contribution in [-0.2, 0) is 14.8 Å². The average molecular weight is 419 g/mol. The summed E-state index contributed by atoms with van der Waals surface area (Å²) in [7, 11) is -2.55. The molecule has 2 aromatic heterocycles. The van der Waals surface area contributed by atoms with E-state index in [1.165, 1.54) is 17.5 Å². The molecule has 28 heavy (non-hydrogen) atoms. The van der Waals surface area contributed by atoms with E-state index in [1.807, 2.05) is 36.5 Å². The van der Waals surface area contributed by atoms with Gasteiger partial charge < -0.3 is 4.74 Å².